The van der Waals surface area contributed by atoms with Gasteiger partial charge < -0.3 is 10.5 Å². The molecule has 0 aromatic rings. The Kier molecular flexibility index (Phi) is 6.96. The van der Waals surface area contributed by atoms with Crippen molar-refractivity contribution in [2.75, 3.05) is 31.8 Å². The van der Waals surface area contributed by atoms with Crippen molar-refractivity contribution < 1.29 is 22.7 Å². The molecule has 0 atom stereocenters. The molecule has 0 aliphatic carbocycles. The van der Waals surface area contributed by atoms with Gasteiger partial charge in [0.1, 0.15) is 6.54 Å². The molecule has 0 spiro atoms. The summed E-state index contributed by atoms with van der Waals surface area (Å²) < 4.78 is 28.2. The monoisotopic (exact) mass is 301 g/mol. The summed E-state index contributed by atoms with van der Waals surface area (Å²) in [6.45, 7) is 0.908. The van der Waals surface area contributed by atoms with E-state index in [1.807, 2.05) is 0 Å². The summed E-state index contributed by atoms with van der Waals surface area (Å²) in [5.41, 5.74) is 5.04. The highest BCUT2D eigenvalue weighted by Crippen LogP contribution is 2.06. The van der Waals surface area contributed by atoms with Gasteiger partial charge in [0.15, 0.2) is 0 Å². The summed E-state index contributed by atoms with van der Waals surface area (Å²) in [6.07, 6.45) is 0.844. The van der Waals surface area contributed by atoms with Crippen LogP contribution in [0, 0.1) is 0 Å². The lowest BCUT2D eigenvalue weighted by Crippen LogP contribution is -2.54. The molecule has 0 unspecified atom stereocenters. The summed E-state index contributed by atoms with van der Waals surface area (Å²) in [6, 6.07) is -1.02. The van der Waals surface area contributed by atoms with E-state index in [0.29, 0.717) is 9.42 Å². The second kappa shape index (κ2) is 7.39. The van der Waals surface area contributed by atoms with Gasteiger partial charge in [-0.2, -0.15) is 0 Å². The predicted molar refractivity (Wildman–Crippen MR) is 65.2 cm³/mol. The molecular weight excluding hydrogens is 286 g/mol. The van der Waals surface area contributed by atoms with Crippen LogP contribution in [0.5, 0.6) is 0 Å². The van der Waals surface area contributed by atoms with Gasteiger partial charge in [-0.1, -0.05) is 4.41 Å². The number of ether oxygens (including phenoxy) is 1. The Hall–Kier alpha value is -1.06. The molecule has 0 saturated carbocycles. The first-order chi connectivity index (χ1) is 8.23. The fraction of sp³-hybridized carbons (Fsp3) is 0.750. The van der Waals surface area contributed by atoms with Crippen LogP contribution in [0.15, 0.2) is 0 Å². The number of hydrogen-bond donors (Lipinski definition) is 1. The molecule has 0 heterocycles. The van der Waals surface area contributed by atoms with E-state index >= 15 is 0 Å². The number of rotatable bonds is 7. The largest absolute Gasteiger partial charge is 0.465 e. The Bertz CT molecular complexity index is 400. The number of carbonyl (C=O) groups excluding carboxylic acids is 2. The van der Waals surface area contributed by atoms with Crippen LogP contribution in [0.25, 0.3) is 0 Å². The van der Waals surface area contributed by atoms with Crippen molar-refractivity contribution in [3.05, 3.63) is 0 Å². The summed E-state index contributed by atoms with van der Waals surface area (Å²) in [5.74, 6) is -0.818. The molecule has 0 aromatic heterocycles. The molecule has 106 valence electrons. The van der Waals surface area contributed by atoms with E-state index < -0.39 is 28.6 Å². The first-order valence-corrected chi connectivity index (χ1v) is 7.38. The number of urea groups is 1. The van der Waals surface area contributed by atoms with Crippen molar-refractivity contribution in [1.29, 1.82) is 0 Å². The number of carbonyl (C=O) groups is 2. The van der Waals surface area contributed by atoms with Gasteiger partial charge in [-0.3, -0.25) is 4.79 Å². The fourth-order valence-electron chi connectivity index (χ4n) is 1.11. The van der Waals surface area contributed by atoms with E-state index in [2.05, 4.69) is 4.74 Å². The third kappa shape index (κ3) is 5.52. The lowest BCUT2D eigenvalue weighted by atomic mass is 10.6. The van der Waals surface area contributed by atoms with Crippen molar-refractivity contribution in [3.8, 4) is 0 Å². The van der Waals surface area contributed by atoms with Crippen molar-refractivity contribution in [2.45, 2.75) is 6.92 Å². The number of esters is 1. The number of nitrogens with two attached hydrogens (primary N) is 1. The zero-order valence-electron chi connectivity index (χ0n) is 10.1. The van der Waals surface area contributed by atoms with Gasteiger partial charge in [0.05, 0.1) is 19.4 Å². The van der Waals surface area contributed by atoms with Gasteiger partial charge in [-0.15, -0.1) is 11.6 Å². The van der Waals surface area contributed by atoms with E-state index in [-0.39, 0.29) is 19.0 Å². The van der Waals surface area contributed by atoms with Crippen LogP contribution < -0.4 is 5.73 Å². The number of amides is 2. The minimum absolute atomic E-state index is 0.0300. The Morgan fingerprint density at radius 1 is 1.39 bits per heavy atom. The van der Waals surface area contributed by atoms with Crippen molar-refractivity contribution >= 4 is 33.6 Å². The van der Waals surface area contributed by atoms with Crippen LogP contribution in [-0.2, 0) is 19.6 Å². The van der Waals surface area contributed by atoms with Crippen molar-refractivity contribution in [2.24, 2.45) is 5.73 Å². The standard InChI is InChI=1S/C8H16ClN3O5S/c1-3-17-7(13)6-12(18(2,15)16)11(5-4-9)8(10)14/h3-6H2,1-2H3,(H2,10,14). The number of sulfonamides is 1. The maximum Gasteiger partial charge on any atom is 0.330 e. The lowest BCUT2D eigenvalue weighted by molar-refractivity contribution is -0.145. The topological polar surface area (TPSA) is 110 Å². The highest BCUT2D eigenvalue weighted by atomic mass is 35.5. The SMILES string of the molecule is CCOC(=O)CN(N(CCCl)C(N)=O)S(C)(=O)=O. The van der Waals surface area contributed by atoms with E-state index in [1.54, 1.807) is 6.92 Å². The second-order valence-corrected chi connectivity index (χ2v) is 5.46. The van der Waals surface area contributed by atoms with Crippen LogP contribution in [0.1, 0.15) is 6.92 Å². The van der Waals surface area contributed by atoms with Crippen LogP contribution in [0.3, 0.4) is 0 Å². The molecule has 0 rings (SSSR count). The van der Waals surface area contributed by atoms with Gasteiger partial charge in [0.25, 0.3) is 0 Å². The second-order valence-electron chi connectivity index (χ2n) is 3.20. The third-order valence-corrected chi connectivity index (χ3v) is 3.03. The Morgan fingerprint density at radius 2 is 1.94 bits per heavy atom. The molecule has 8 nitrogen and oxygen atoms in total. The number of halogens is 1. The summed E-state index contributed by atoms with van der Waals surface area (Å²) in [5, 5.41) is 0.680. The van der Waals surface area contributed by atoms with Crippen LogP contribution in [0.2, 0.25) is 0 Å². The molecule has 0 aromatic carbocycles. The molecule has 0 fully saturated rings. The number of primary amides is 1. The highest BCUT2D eigenvalue weighted by Gasteiger charge is 2.29. The summed E-state index contributed by atoms with van der Waals surface area (Å²) in [7, 11) is -3.85. The maximum absolute atomic E-state index is 11.5. The average Bonchev–Trinajstić information content (AvgIpc) is 2.21. The zero-order chi connectivity index (χ0) is 14.3. The van der Waals surface area contributed by atoms with E-state index in [9.17, 15) is 18.0 Å². The van der Waals surface area contributed by atoms with E-state index in [0.717, 1.165) is 6.26 Å². The fourth-order valence-corrected chi connectivity index (χ4v) is 2.13. The van der Waals surface area contributed by atoms with Gasteiger partial charge in [0.2, 0.25) is 10.0 Å². The minimum Gasteiger partial charge on any atom is -0.465 e. The number of hydrogen-bond acceptors (Lipinski definition) is 5. The lowest BCUT2D eigenvalue weighted by Gasteiger charge is -2.30. The summed E-state index contributed by atoms with van der Waals surface area (Å²) in [4.78, 5) is 22.4. The molecule has 18 heavy (non-hydrogen) atoms. The van der Waals surface area contributed by atoms with Gasteiger partial charge in [-0.05, 0) is 6.92 Å². The normalized spacial score (nSPS) is 11.3. The van der Waals surface area contributed by atoms with Crippen molar-refractivity contribution in [3.63, 3.8) is 0 Å². The Morgan fingerprint density at radius 3 is 2.28 bits per heavy atom. The molecule has 0 saturated heterocycles. The molecule has 0 radical (unpaired) electrons. The minimum atomic E-state index is -3.85. The van der Waals surface area contributed by atoms with Crippen LogP contribution in [0.4, 0.5) is 4.79 Å². The molecule has 0 aliphatic heterocycles. The van der Waals surface area contributed by atoms with Gasteiger partial charge in [0, 0.05) is 5.88 Å². The molecule has 2 amide bonds. The van der Waals surface area contributed by atoms with Gasteiger partial charge in [-0.25, -0.2) is 18.2 Å². The Balaban J connectivity index is 5.09. The Labute approximate surface area is 111 Å². The first kappa shape index (κ1) is 16.9. The average molecular weight is 302 g/mol. The van der Waals surface area contributed by atoms with Crippen LogP contribution >= 0.6 is 11.6 Å². The summed E-state index contributed by atoms with van der Waals surface area (Å²) >= 11 is 5.45. The molecule has 2 N–H and O–H groups in total. The van der Waals surface area contributed by atoms with Gasteiger partial charge >= 0.3 is 12.0 Å². The number of hydrazine groups is 1. The zero-order valence-corrected chi connectivity index (χ0v) is 11.7. The van der Waals surface area contributed by atoms with Crippen molar-refractivity contribution in [1.82, 2.24) is 9.42 Å². The highest BCUT2D eigenvalue weighted by molar-refractivity contribution is 7.88. The van der Waals surface area contributed by atoms with E-state index in [1.165, 1.54) is 0 Å². The first-order valence-electron chi connectivity index (χ1n) is 5.00. The number of nitrogens with zero attached hydrogens (tertiary/aromatic N) is 2. The predicted octanol–water partition coefficient (Wildman–Crippen LogP) is -0.654. The maximum atomic E-state index is 11.5. The molecule has 10 heteroatoms. The number of alkyl halides is 1. The molecular formula is C8H16ClN3O5S. The molecule has 0 aliphatic rings. The van der Waals surface area contributed by atoms with E-state index in [4.69, 9.17) is 17.3 Å². The third-order valence-electron chi connectivity index (χ3n) is 1.77. The quantitative estimate of drug-likeness (QED) is 0.381. The van der Waals surface area contributed by atoms with Crippen LogP contribution in [-0.4, -0.2) is 61.7 Å². The smallest absolute Gasteiger partial charge is 0.330 e. The molecule has 0 bridgehead atoms.